The van der Waals surface area contributed by atoms with Crippen molar-refractivity contribution in [3.8, 4) is 17.2 Å². The van der Waals surface area contributed by atoms with Crippen LogP contribution in [0.15, 0.2) is 127 Å². The van der Waals surface area contributed by atoms with E-state index in [1.165, 1.54) is 51.1 Å². The Morgan fingerprint density at radius 2 is 1.05 bits per heavy atom. The topological polar surface area (TPSA) is 30.7 Å². The minimum absolute atomic E-state index is 0.689. The highest BCUT2D eigenvalue weighted by atomic mass is 32.1. The number of aromatic nitrogens is 3. The van der Waals surface area contributed by atoms with Crippen LogP contribution in [0.2, 0.25) is 0 Å². The summed E-state index contributed by atoms with van der Waals surface area (Å²) in [7, 11) is 0. The van der Waals surface area contributed by atoms with Crippen molar-refractivity contribution < 1.29 is 0 Å². The number of benzene rings is 6. The molecule has 0 saturated heterocycles. The monoisotopic (exact) mass is 583 g/mol. The molecular formula is C38H21N3S2. The lowest BCUT2D eigenvalue weighted by atomic mass is 10.0. The summed E-state index contributed by atoms with van der Waals surface area (Å²) in [5.41, 5.74) is 5.20. The lowest BCUT2D eigenvalue weighted by Crippen LogP contribution is -2.03. The molecule has 6 aromatic carbocycles. The molecule has 0 atom stereocenters. The van der Waals surface area contributed by atoms with E-state index in [1.54, 1.807) is 0 Å². The predicted octanol–water partition coefficient (Wildman–Crippen LogP) is 11.1. The summed E-state index contributed by atoms with van der Waals surface area (Å²) in [5, 5.41) is 8.91. The first-order chi connectivity index (χ1) is 21.3. The van der Waals surface area contributed by atoms with Crippen molar-refractivity contribution >= 4 is 95.7 Å². The lowest BCUT2D eigenvalue weighted by molar-refractivity contribution is 1.01. The van der Waals surface area contributed by atoms with E-state index in [0.717, 1.165) is 33.2 Å². The molecule has 0 spiro atoms. The smallest absolute Gasteiger partial charge is 0.235 e. The van der Waals surface area contributed by atoms with Crippen LogP contribution in [0.25, 0.3) is 90.3 Å². The van der Waals surface area contributed by atoms with E-state index in [0.29, 0.717) is 5.95 Å². The van der Waals surface area contributed by atoms with Crippen LogP contribution >= 0.6 is 22.7 Å². The molecular weight excluding hydrogens is 563 g/mol. The molecule has 0 aliphatic carbocycles. The van der Waals surface area contributed by atoms with Crippen LogP contribution in [0.3, 0.4) is 0 Å². The Labute approximate surface area is 253 Å². The average Bonchev–Trinajstić information content (AvgIpc) is 3.73. The number of hydrogen-bond donors (Lipinski definition) is 0. The first kappa shape index (κ1) is 23.5. The summed E-state index contributed by atoms with van der Waals surface area (Å²) in [6, 6.07) is 45.4. The molecule has 0 bridgehead atoms. The SMILES string of the molecule is c1ccc(-c2nc(-n3c4ccccc4c4c5c(ccc43)sc3ccc4sc6ccccc6c4c35)nc3ccccc23)cc1. The second-order valence-electron chi connectivity index (χ2n) is 11.0. The zero-order chi connectivity index (χ0) is 28.1. The second kappa shape index (κ2) is 8.71. The molecule has 43 heavy (non-hydrogen) atoms. The van der Waals surface area contributed by atoms with Gasteiger partial charge in [0.15, 0.2) is 0 Å². The number of nitrogens with zero attached hydrogens (tertiary/aromatic N) is 3. The van der Waals surface area contributed by atoms with Crippen LogP contribution in [-0.2, 0) is 0 Å². The van der Waals surface area contributed by atoms with Gasteiger partial charge in [-0.2, -0.15) is 0 Å². The van der Waals surface area contributed by atoms with Gasteiger partial charge in [0, 0.05) is 62.1 Å². The van der Waals surface area contributed by atoms with Crippen molar-refractivity contribution in [3.63, 3.8) is 0 Å². The number of rotatable bonds is 2. The molecule has 0 aliphatic heterocycles. The summed E-state index contributed by atoms with van der Waals surface area (Å²) in [6.45, 7) is 0. The maximum atomic E-state index is 5.28. The van der Waals surface area contributed by atoms with Crippen molar-refractivity contribution in [2.24, 2.45) is 0 Å². The van der Waals surface area contributed by atoms with E-state index < -0.39 is 0 Å². The molecule has 4 aromatic heterocycles. The van der Waals surface area contributed by atoms with Crippen LogP contribution in [0, 0.1) is 0 Å². The number of para-hydroxylation sites is 2. The van der Waals surface area contributed by atoms with Crippen molar-refractivity contribution in [2.45, 2.75) is 0 Å². The zero-order valence-corrected chi connectivity index (χ0v) is 24.4. The minimum atomic E-state index is 0.689. The molecule has 0 saturated carbocycles. The molecule has 0 aliphatic rings. The lowest BCUT2D eigenvalue weighted by Gasteiger charge is -2.11. The third-order valence-corrected chi connectivity index (χ3v) is 10.9. The Morgan fingerprint density at radius 1 is 0.419 bits per heavy atom. The first-order valence-corrected chi connectivity index (χ1v) is 16.0. The van der Waals surface area contributed by atoms with Crippen LogP contribution < -0.4 is 0 Å². The number of hydrogen-bond acceptors (Lipinski definition) is 4. The van der Waals surface area contributed by atoms with Gasteiger partial charge in [-0.1, -0.05) is 84.9 Å². The molecule has 4 heterocycles. The van der Waals surface area contributed by atoms with E-state index in [9.17, 15) is 0 Å². The Balaban J connectivity index is 1.39. The van der Waals surface area contributed by atoms with Gasteiger partial charge in [0.05, 0.1) is 22.2 Å². The molecule has 0 fully saturated rings. The van der Waals surface area contributed by atoms with E-state index in [2.05, 4.69) is 126 Å². The normalized spacial score (nSPS) is 12.2. The quantitative estimate of drug-likeness (QED) is 0.203. The zero-order valence-electron chi connectivity index (χ0n) is 22.8. The Morgan fingerprint density at radius 3 is 1.91 bits per heavy atom. The van der Waals surface area contributed by atoms with Crippen molar-refractivity contribution in [1.29, 1.82) is 0 Å². The fraction of sp³-hybridized carbons (Fsp3) is 0. The van der Waals surface area contributed by atoms with Gasteiger partial charge in [0.25, 0.3) is 0 Å². The van der Waals surface area contributed by atoms with Gasteiger partial charge in [-0.3, -0.25) is 4.57 Å². The fourth-order valence-electron chi connectivity index (χ4n) is 6.82. The van der Waals surface area contributed by atoms with Crippen LogP contribution in [0.5, 0.6) is 0 Å². The molecule has 0 unspecified atom stereocenters. The summed E-state index contributed by atoms with van der Waals surface area (Å²) in [4.78, 5) is 10.5. The highest BCUT2D eigenvalue weighted by Gasteiger charge is 2.22. The van der Waals surface area contributed by atoms with Crippen LogP contribution in [-0.4, -0.2) is 14.5 Å². The number of fused-ring (bicyclic) bond motifs is 12. The van der Waals surface area contributed by atoms with Crippen molar-refractivity contribution in [1.82, 2.24) is 14.5 Å². The summed E-state index contributed by atoms with van der Waals surface area (Å²) in [5.74, 6) is 0.689. The summed E-state index contributed by atoms with van der Waals surface area (Å²) >= 11 is 3.76. The molecule has 10 aromatic rings. The predicted molar refractivity (Wildman–Crippen MR) is 185 cm³/mol. The fourth-order valence-corrected chi connectivity index (χ4v) is 9.05. The average molecular weight is 584 g/mol. The molecule has 0 amide bonds. The van der Waals surface area contributed by atoms with Gasteiger partial charge >= 0.3 is 0 Å². The third kappa shape index (κ3) is 3.23. The second-order valence-corrected chi connectivity index (χ2v) is 13.1. The standard InChI is InChI=1S/C38H21N3S2/c1-2-10-22(11-3-1)37-23-12-4-7-15-26(23)39-38(40-37)41-27-16-8-5-13-24(27)33-28(41)18-19-31-35(33)36-32(43-31)21-20-30-34(36)25-14-6-9-17-29(25)42-30/h1-21H. The minimum Gasteiger partial charge on any atom is -0.278 e. The van der Waals surface area contributed by atoms with E-state index in [1.807, 2.05) is 28.7 Å². The van der Waals surface area contributed by atoms with Gasteiger partial charge in [-0.15, -0.1) is 22.7 Å². The van der Waals surface area contributed by atoms with Crippen molar-refractivity contribution in [2.75, 3.05) is 0 Å². The highest BCUT2D eigenvalue weighted by Crippen LogP contribution is 2.48. The van der Waals surface area contributed by atoms with E-state index >= 15 is 0 Å². The van der Waals surface area contributed by atoms with Crippen LogP contribution in [0.4, 0.5) is 0 Å². The number of thiophene rings is 2. The van der Waals surface area contributed by atoms with Gasteiger partial charge < -0.3 is 0 Å². The van der Waals surface area contributed by atoms with Crippen molar-refractivity contribution in [3.05, 3.63) is 127 Å². The molecule has 3 nitrogen and oxygen atoms in total. The summed E-state index contributed by atoms with van der Waals surface area (Å²) < 4.78 is 7.55. The Hall–Kier alpha value is -5.10. The Kier molecular flexibility index (Phi) is 4.75. The van der Waals surface area contributed by atoms with Gasteiger partial charge in [0.2, 0.25) is 5.95 Å². The highest BCUT2D eigenvalue weighted by molar-refractivity contribution is 7.28. The summed E-state index contributed by atoms with van der Waals surface area (Å²) in [6.07, 6.45) is 0. The molecule has 0 N–H and O–H groups in total. The van der Waals surface area contributed by atoms with Gasteiger partial charge in [0.1, 0.15) is 0 Å². The Bertz CT molecular complexity index is 2730. The molecule has 200 valence electrons. The maximum Gasteiger partial charge on any atom is 0.235 e. The van der Waals surface area contributed by atoms with E-state index in [4.69, 9.17) is 9.97 Å². The van der Waals surface area contributed by atoms with Gasteiger partial charge in [-0.05, 0) is 42.5 Å². The maximum absolute atomic E-state index is 5.28. The molecule has 0 radical (unpaired) electrons. The molecule has 10 rings (SSSR count). The van der Waals surface area contributed by atoms with Gasteiger partial charge in [-0.25, -0.2) is 9.97 Å². The van der Waals surface area contributed by atoms with Crippen LogP contribution in [0.1, 0.15) is 0 Å². The molecule has 5 heteroatoms. The van der Waals surface area contributed by atoms with E-state index in [-0.39, 0.29) is 0 Å². The largest absolute Gasteiger partial charge is 0.278 e. The third-order valence-electron chi connectivity index (χ3n) is 8.61. The first-order valence-electron chi connectivity index (χ1n) is 14.3.